The zero-order valence-electron chi connectivity index (χ0n) is 12.6. The van der Waals surface area contributed by atoms with E-state index in [0.717, 1.165) is 19.5 Å². The topological polar surface area (TPSA) is 36.1 Å². The number of rotatable bonds is 1. The number of carbonyl (C=O) groups is 1. The first-order chi connectivity index (χ1) is 10.2. The molecule has 0 aromatic carbocycles. The normalized spacial score (nSPS) is 22.0. The number of hydrogen-bond acceptors (Lipinski definition) is 2. The summed E-state index contributed by atoms with van der Waals surface area (Å²) in [5, 5.41) is 0. The van der Waals surface area contributed by atoms with Crippen molar-refractivity contribution in [2.24, 2.45) is 5.41 Å². The molecule has 1 aromatic rings. The van der Waals surface area contributed by atoms with Crippen molar-refractivity contribution < 1.29 is 4.79 Å². The number of piperidine rings is 1. The van der Waals surface area contributed by atoms with Crippen LogP contribution in [0.2, 0.25) is 0 Å². The van der Waals surface area contributed by atoms with Gasteiger partial charge in [0.1, 0.15) is 4.64 Å². The maximum atomic E-state index is 12.8. The maximum Gasteiger partial charge on any atom is 0.256 e. The predicted octanol–water partition coefficient (Wildman–Crippen LogP) is 4.32. The zero-order chi connectivity index (χ0) is 14.7. The Balaban J connectivity index is 1.78. The molecule has 4 heteroatoms. The van der Waals surface area contributed by atoms with E-state index in [1.54, 1.807) is 6.20 Å². The van der Waals surface area contributed by atoms with Crippen molar-refractivity contribution >= 4 is 18.1 Å². The Hall–Kier alpha value is -1.16. The number of pyridine rings is 1. The lowest BCUT2D eigenvalue weighted by molar-refractivity contribution is 0.0464. The van der Waals surface area contributed by atoms with Crippen molar-refractivity contribution in [1.29, 1.82) is 0 Å². The molecule has 0 unspecified atom stereocenters. The minimum Gasteiger partial charge on any atom is -0.352 e. The van der Waals surface area contributed by atoms with Crippen LogP contribution in [0.5, 0.6) is 0 Å². The van der Waals surface area contributed by atoms with Crippen molar-refractivity contribution in [2.75, 3.05) is 13.1 Å². The second kappa shape index (κ2) is 6.30. The van der Waals surface area contributed by atoms with Gasteiger partial charge in [-0.3, -0.25) is 4.79 Å². The molecule has 0 atom stereocenters. The van der Waals surface area contributed by atoms with Crippen molar-refractivity contribution in [3.8, 4) is 0 Å². The quantitative estimate of drug-likeness (QED) is 0.784. The Morgan fingerprint density at radius 2 is 1.86 bits per heavy atom. The smallest absolute Gasteiger partial charge is 0.256 e. The van der Waals surface area contributed by atoms with Crippen LogP contribution in [-0.4, -0.2) is 28.9 Å². The number of aromatic nitrogens is 1. The van der Waals surface area contributed by atoms with Gasteiger partial charge in [0.2, 0.25) is 0 Å². The lowest BCUT2D eigenvalue weighted by Gasteiger charge is -2.42. The van der Waals surface area contributed by atoms with Crippen LogP contribution in [0.25, 0.3) is 0 Å². The Bertz CT molecular complexity index is 558. The highest BCUT2D eigenvalue weighted by molar-refractivity contribution is 7.71. The van der Waals surface area contributed by atoms with Gasteiger partial charge in [0, 0.05) is 19.3 Å². The molecule has 1 saturated carbocycles. The summed E-state index contributed by atoms with van der Waals surface area (Å²) in [5.74, 6) is 0.111. The van der Waals surface area contributed by atoms with Gasteiger partial charge in [-0.25, -0.2) is 0 Å². The molecule has 1 aromatic heterocycles. The number of hydrogen-bond donors (Lipinski definition) is 1. The number of nitrogens with one attached hydrogen (secondary N) is 1. The summed E-state index contributed by atoms with van der Waals surface area (Å²) in [4.78, 5) is 17.8. The number of likely N-dealkylation sites (tertiary alicyclic amines) is 1. The summed E-state index contributed by atoms with van der Waals surface area (Å²) < 4.78 is 0.558. The predicted molar refractivity (Wildman–Crippen MR) is 86.9 cm³/mol. The Kier molecular flexibility index (Phi) is 4.43. The van der Waals surface area contributed by atoms with Crippen LogP contribution in [0.1, 0.15) is 61.7 Å². The molecule has 1 N–H and O–H groups in total. The van der Waals surface area contributed by atoms with E-state index in [9.17, 15) is 4.79 Å². The van der Waals surface area contributed by atoms with Crippen molar-refractivity contribution in [3.05, 3.63) is 28.5 Å². The molecular weight excluding hydrogens is 280 g/mol. The van der Waals surface area contributed by atoms with Gasteiger partial charge < -0.3 is 9.88 Å². The molecule has 1 aliphatic carbocycles. The van der Waals surface area contributed by atoms with Crippen LogP contribution >= 0.6 is 12.2 Å². The molecular formula is C17H24N2OS. The van der Waals surface area contributed by atoms with Crippen molar-refractivity contribution in [1.82, 2.24) is 9.88 Å². The highest BCUT2D eigenvalue weighted by Crippen LogP contribution is 2.42. The molecule has 114 valence electrons. The van der Waals surface area contributed by atoms with E-state index >= 15 is 0 Å². The third kappa shape index (κ3) is 3.20. The largest absolute Gasteiger partial charge is 0.352 e. The minimum absolute atomic E-state index is 0.111. The summed E-state index contributed by atoms with van der Waals surface area (Å²) in [7, 11) is 0. The first kappa shape index (κ1) is 14.8. The number of H-pyrrole nitrogens is 1. The second-order valence-corrected chi connectivity index (χ2v) is 7.07. The van der Waals surface area contributed by atoms with E-state index in [1.807, 2.05) is 17.0 Å². The highest BCUT2D eigenvalue weighted by atomic mass is 32.1. The lowest BCUT2D eigenvalue weighted by Crippen LogP contribution is -2.46. The van der Waals surface area contributed by atoms with E-state index in [0.29, 0.717) is 15.6 Å². The number of carbonyl (C=O) groups excluding carboxylic acids is 1. The van der Waals surface area contributed by atoms with Gasteiger partial charge in [-0.2, -0.15) is 0 Å². The van der Waals surface area contributed by atoms with Crippen LogP contribution in [0.15, 0.2) is 18.3 Å². The van der Waals surface area contributed by atoms with Crippen molar-refractivity contribution in [3.63, 3.8) is 0 Å². The van der Waals surface area contributed by atoms with Crippen LogP contribution in [0.3, 0.4) is 0 Å². The van der Waals surface area contributed by atoms with Gasteiger partial charge in [0.15, 0.2) is 0 Å². The molecule has 1 aliphatic heterocycles. The van der Waals surface area contributed by atoms with E-state index in [-0.39, 0.29) is 5.91 Å². The van der Waals surface area contributed by atoms with Gasteiger partial charge >= 0.3 is 0 Å². The number of amides is 1. The van der Waals surface area contributed by atoms with Crippen molar-refractivity contribution in [2.45, 2.75) is 51.4 Å². The second-order valence-electron chi connectivity index (χ2n) is 6.66. The van der Waals surface area contributed by atoms with Gasteiger partial charge in [-0.05, 0) is 43.2 Å². The zero-order valence-corrected chi connectivity index (χ0v) is 13.4. The van der Waals surface area contributed by atoms with E-state index in [4.69, 9.17) is 12.2 Å². The molecule has 0 bridgehead atoms. The van der Waals surface area contributed by atoms with Gasteiger partial charge in [0.05, 0.1) is 5.56 Å². The maximum absolute atomic E-state index is 12.8. The van der Waals surface area contributed by atoms with E-state index < -0.39 is 0 Å². The van der Waals surface area contributed by atoms with Crippen LogP contribution in [0.4, 0.5) is 0 Å². The molecule has 21 heavy (non-hydrogen) atoms. The fraction of sp³-hybridized carbons (Fsp3) is 0.647. The summed E-state index contributed by atoms with van der Waals surface area (Å²) in [6, 6.07) is 3.70. The molecule has 1 spiro atoms. The first-order valence-electron chi connectivity index (χ1n) is 8.17. The molecule has 2 aliphatic rings. The summed E-state index contributed by atoms with van der Waals surface area (Å²) >= 11 is 5.26. The van der Waals surface area contributed by atoms with Gasteiger partial charge in [0.25, 0.3) is 5.91 Å². The summed E-state index contributed by atoms with van der Waals surface area (Å²) in [6.07, 6.45) is 12.2. The van der Waals surface area contributed by atoms with Gasteiger partial charge in [-0.15, -0.1) is 0 Å². The molecule has 2 fully saturated rings. The fourth-order valence-electron chi connectivity index (χ4n) is 4.03. The van der Waals surface area contributed by atoms with E-state index in [2.05, 4.69) is 4.98 Å². The molecule has 1 amide bonds. The molecule has 3 nitrogen and oxygen atoms in total. The number of aromatic amines is 1. The highest BCUT2D eigenvalue weighted by Gasteiger charge is 2.37. The van der Waals surface area contributed by atoms with Gasteiger partial charge in [-0.1, -0.05) is 37.9 Å². The summed E-state index contributed by atoms with van der Waals surface area (Å²) in [5.41, 5.74) is 1.03. The molecule has 3 rings (SSSR count). The lowest BCUT2D eigenvalue weighted by atomic mass is 9.74. The Morgan fingerprint density at radius 1 is 1.14 bits per heavy atom. The first-order valence-corrected chi connectivity index (χ1v) is 8.58. The monoisotopic (exact) mass is 304 g/mol. The third-order valence-corrected chi connectivity index (χ3v) is 5.50. The Morgan fingerprint density at radius 3 is 2.57 bits per heavy atom. The molecule has 0 radical (unpaired) electrons. The standard InChI is InChI=1S/C17H24N2OS/c20-16(14-7-5-11-18-15(14)21)19-12-6-10-17(13-19)8-3-1-2-4-9-17/h5,7,11H,1-4,6,8-10,12-13H2,(H,18,21). The SMILES string of the molecule is O=C(c1ccc[nH]c1=S)N1CCCC2(CCCCCC2)C1. The average Bonchev–Trinajstić information content (AvgIpc) is 2.73. The van der Waals surface area contributed by atoms with Crippen LogP contribution in [0, 0.1) is 10.1 Å². The molecule has 1 saturated heterocycles. The Labute approximate surface area is 131 Å². The molecule has 2 heterocycles. The third-order valence-electron chi connectivity index (χ3n) is 5.16. The fourth-order valence-corrected chi connectivity index (χ4v) is 4.25. The summed E-state index contributed by atoms with van der Waals surface area (Å²) in [6.45, 7) is 1.81. The van der Waals surface area contributed by atoms with Crippen LogP contribution in [-0.2, 0) is 0 Å². The van der Waals surface area contributed by atoms with E-state index in [1.165, 1.54) is 44.9 Å². The number of nitrogens with zero attached hydrogens (tertiary/aromatic N) is 1. The average molecular weight is 304 g/mol. The van der Waals surface area contributed by atoms with Crippen LogP contribution < -0.4 is 0 Å². The minimum atomic E-state index is 0.111.